The van der Waals surface area contributed by atoms with Crippen molar-refractivity contribution in [3.63, 3.8) is 0 Å². The molecule has 0 saturated carbocycles. The van der Waals surface area contributed by atoms with Gasteiger partial charge in [0, 0.05) is 6.07 Å². The molecule has 3 N–H and O–H groups in total. The minimum absolute atomic E-state index is 0.00623. The number of hydrogen-bond donors (Lipinski definition) is 3. The first kappa shape index (κ1) is 19.1. The Balaban J connectivity index is 1.72. The molecule has 0 saturated heterocycles. The Kier molecular flexibility index (Phi) is 5.37. The summed E-state index contributed by atoms with van der Waals surface area (Å²) in [6, 6.07) is 13.9. The Bertz CT molecular complexity index is 1080. The van der Waals surface area contributed by atoms with Crippen molar-refractivity contribution in [3.05, 3.63) is 76.0 Å². The lowest BCUT2D eigenvalue weighted by molar-refractivity contribution is -0.384. The Morgan fingerprint density at radius 2 is 1.93 bits per heavy atom. The van der Waals surface area contributed by atoms with Gasteiger partial charge in [-0.05, 0) is 55.0 Å². The van der Waals surface area contributed by atoms with Crippen LogP contribution in [0.4, 0.5) is 11.4 Å². The summed E-state index contributed by atoms with van der Waals surface area (Å²) in [7, 11) is 0. The molecule has 0 aliphatic heterocycles. The Hall–Kier alpha value is -3.72. The maximum absolute atomic E-state index is 12.3. The highest BCUT2D eigenvalue weighted by atomic mass is 32.1. The molecule has 0 aliphatic rings. The molecule has 142 valence electrons. The van der Waals surface area contributed by atoms with Crippen molar-refractivity contribution in [2.75, 3.05) is 5.32 Å². The topological polar surface area (TPSA) is 118 Å². The van der Waals surface area contributed by atoms with Crippen LogP contribution in [-0.2, 0) is 0 Å². The summed E-state index contributed by atoms with van der Waals surface area (Å²) < 4.78 is 5.46. The van der Waals surface area contributed by atoms with E-state index in [4.69, 9.17) is 16.6 Å². The van der Waals surface area contributed by atoms with E-state index in [-0.39, 0.29) is 33.6 Å². The number of aryl methyl sites for hydroxylation is 1. The van der Waals surface area contributed by atoms with Gasteiger partial charge in [0.1, 0.15) is 11.5 Å². The van der Waals surface area contributed by atoms with Crippen molar-refractivity contribution in [2.45, 2.75) is 6.92 Å². The molecular formula is C19H15N3O5S. The summed E-state index contributed by atoms with van der Waals surface area (Å²) >= 11 is 5.07. The van der Waals surface area contributed by atoms with E-state index in [1.54, 1.807) is 30.3 Å². The number of rotatable bonds is 4. The van der Waals surface area contributed by atoms with Crippen molar-refractivity contribution in [2.24, 2.45) is 0 Å². The van der Waals surface area contributed by atoms with Crippen LogP contribution < -0.4 is 10.6 Å². The van der Waals surface area contributed by atoms with Gasteiger partial charge in [-0.1, -0.05) is 18.2 Å². The van der Waals surface area contributed by atoms with Crippen molar-refractivity contribution in [1.82, 2.24) is 5.32 Å². The molecule has 0 unspecified atom stereocenters. The lowest BCUT2D eigenvalue weighted by Crippen LogP contribution is -2.33. The van der Waals surface area contributed by atoms with Gasteiger partial charge in [-0.15, -0.1) is 0 Å². The van der Waals surface area contributed by atoms with Crippen LogP contribution in [0, 0.1) is 17.0 Å². The van der Waals surface area contributed by atoms with Crippen LogP contribution in [0.1, 0.15) is 16.1 Å². The molecule has 1 amide bonds. The molecule has 2 aromatic carbocycles. The zero-order valence-corrected chi connectivity index (χ0v) is 15.4. The molecule has 3 rings (SSSR count). The maximum Gasteiger partial charge on any atom is 0.293 e. The predicted octanol–water partition coefficient (Wildman–Crippen LogP) is 4.00. The van der Waals surface area contributed by atoms with Gasteiger partial charge in [0.2, 0.25) is 0 Å². The zero-order valence-electron chi connectivity index (χ0n) is 14.6. The summed E-state index contributed by atoms with van der Waals surface area (Å²) in [5, 5.41) is 26.1. The third kappa shape index (κ3) is 4.15. The molecular weight excluding hydrogens is 382 g/mol. The van der Waals surface area contributed by atoms with Crippen LogP contribution in [0.2, 0.25) is 0 Å². The normalized spacial score (nSPS) is 10.3. The maximum atomic E-state index is 12.3. The zero-order chi connectivity index (χ0) is 20.3. The van der Waals surface area contributed by atoms with E-state index in [9.17, 15) is 20.0 Å². The molecule has 28 heavy (non-hydrogen) atoms. The fraction of sp³-hybridized carbons (Fsp3) is 0.0526. The van der Waals surface area contributed by atoms with E-state index in [1.165, 1.54) is 24.3 Å². The molecule has 0 fully saturated rings. The minimum atomic E-state index is -0.631. The molecule has 1 heterocycles. The van der Waals surface area contributed by atoms with Gasteiger partial charge in [-0.3, -0.25) is 20.2 Å². The molecule has 8 nitrogen and oxygen atoms in total. The van der Waals surface area contributed by atoms with Crippen LogP contribution in [0.5, 0.6) is 5.75 Å². The molecule has 0 spiro atoms. The van der Waals surface area contributed by atoms with E-state index in [0.29, 0.717) is 5.69 Å². The molecule has 0 bridgehead atoms. The highest BCUT2D eigenvalue weighted by Gasteiger charge is 2.19. The fourth-order valence-corrected chi connectivity index (χ4v) is 2.71. The lowest BCUT2D eigenvalue weighted by atomic mass is 10.1. The van der Waals surface area contributed by atoms with Crippen molar-refractivity contribution in [3.8, 4) is 17.1 Å². The van der Waals surface area contributed by atoms with Crippen LogP contribution in [0.3, 0.4) is 0 Å². The number of benzene rings is 2. The summed E-state index contributed by atoms with van der Waals surface area (Å²) in [6.07, 6.45) is 0. The SMILES string of the molecule is Cc1ccc(NC(=S)NC(=O)c2ccc(-c3ccccc3[N+](=O)[O-])o2)c(O)c1. The number of para-hydroxylation sites is 1. The van der Waals surface area contributed by atoms with Crippen LogP contribution in [0.25, 0.3) is 11.3 Å². The number of thiocarbonyl (C=S) groups is 1. The molecule has 9 heteroatoms. The number of nitrogens with zero attached hydrogens (tertiary/aromatic N) is 1. The van der Waals surface area contributed by atoms with Crippen LogP contribution in [0.15, 0.2) is 59.0 Å². The third-order valence-electron chi connectivity index (χ3n) is 3.82. The minimum Gasteiger partial charge on any atom is -0.506 e. The number of hydrogen-bond acceptors (Lipinski definition) is 6. The van der Waals surface area contributed by atoms with Crippen molar-refractivity contribution < 1.29 is 19.2 Å². The Labute approximate surface area is 165 Å². The largest absolute Gasteiger partial charge is 0.506 e. The van der Waals surface area contributed by atoms with Gasteiger partial charge in [-0.25, -0.2) is 0 Å². The van der Waals surface area contributed by atoms with Gasteiger partial charge in [0.15, 0.2) is 10.9 Å². The van der Waals surface area contributed by atoms with Gasteiger partial charge >= 0.3 is 0 Å². The van der Waals surface area contributed by atoms with E-state index < -0.39 is 10.8 Å². The first-order valence-electron chi connectivity index (χ1n) is 8.10. The Morgan fingerprint density at radius 1 is 1.18 bits per heavy atom. The summed E-state index contributed by atoms with van der Waals surface area (Å²) in [5.74, 6) is -0.514. The van der Waals surface area contributed by atoms with Crippen LogP contribution in [-0.4, -0.2) is 21.0 Å². The fourth-order valence-electron chi connectivity index (χ4n) is 2.51. The number of nitro benzene ring substituents is 1. The third-order valence-corrected chi connectivity index (χ3v) is 4.03. The van der Waals surface area contributed by atoms with E-state index >= 15 is 0 Å². The number of anilines is 1. The number of phenolic OH excluding ortho intramolecular Hbond substituents is 1. The van der Waals surface area contributed by atoms with Crippen molar-refractivity contribution >= 4 is 34.6 Å². The van der Waals surface area contributed by atoms with Gasteiger partial charge in [0.25, 0.3) is 11.6 Å². The Morgan fingerprint density at radius 3 is 2.64 bits per heavy atom. The molecule has 0 aliphatic carbocycles. The number of aromatic hydroxyl groups is 1. The average molecular weight is 397 g/mol. The monoisotopic (exact) mass is 397 g/mol. The van der Waals surface area contributed by atoms with Crippen molar-refractivity contribution in [1.29, 1.82) is 0 Å². The average Bonchev–Trinajstić information content (AvgIpc) is 3.14. The van der Waals surface area contributed by atoms with E-state index in [2.05, 4.69) is 10.6 Å². The number of carbonyl (C=O) groups excluding carboxylic acids is 1. The molecule has 0 radical (unpaired) electrons. The highest BCUT2D eigenvalue weighted by Crippen LogP contribution is 2.30. The predicted molar refractivity (Wildman–Crippen MR) is 107 cm³/mol. The summed E-state index contributed by atoms with van der Waals surface area (Å²) in [6.45, 7) is 1.83. The summed E-state index contributed by atoms with van der Waals surface area (Å²) in [5.41, 5.74) is 1.35. The molecule has 1 aromatic heterocycles. The van der Waals surface area contributed by atoms with E-state index in [0.717, 1.165) is 5.56 Å². The number of carbonyl (C=O) groups is 1. The van der Waals surface area contributed by atoms with Gasteiger partial charge in [0.05, 0.1) is 16.2 Å². The second kappa shape index (κ2) is 7.89. The van der Waals surface area contributed by atoms with Gasteiger partial charge < -0.3 is 14.8 Å². The highest BCUT2D eigenvalue weighted by molar-refractivity contribution is 7.80. The first-order chi connectivity index (χ1) is 13.3. The standard InChI is InChI=1S/C19H15N3O5S/c1-11-6-7-13(15(23)10-11)20-19(28)21-18(24)17-9-8-16(27-17)12-4-2-3-5-14(12)22(25)26/h2-10,23H,1H3,(H2,20,21,24,28). The van der Waals surface area contributed by atoms with Crippen LogP contribution >= 0.6 is 12.2 Å². The first-order valence-corrected chi connectivity index (χ1v) is 8.51. The second-order valence-corrected chi connectivity index (χ2v) is 6.28. The smallest absolute Gasteiger partial charge is 0.293 e. The lowest BCUT2D eigenvalue weighted by Gasteiger charge is -2.10. The molecule has 3 aromatic rings. The number of nitro groups is 1. The number of nitrogens with one attached hydrogen (secondary N) is 2. The number of furan rings is 1. The summed E-state index contributed by atoms with van der Waals surface area (Å²) in [4.78, 5) is 22.9. The number of amides is 1. The number of phenols is 1. The van der Waals surface area contributed by atoms with Gasteiger partial charge in [-0.2, -0.15) is 0 Å². The quantitative estimate of drug-likeness (QED) is 0.264. The molecule has 0 atom stereocenters. The van der Waals surface area contributed by atoms with E-state index in [1.807, 2.05) is 6.92 Å². The second-order valence-electron chi connectivity index (χ2n) is 5.87.